The van der Waals surface area contributed by atoms with Crippen molar-refractivity contribution in [1.82, 2.24) is 4.90 Å². The van der Waals surface area contributed by atoms with E-state index in [9.17, 15) is 14.3 Å². The van der Waals surface area contributed by atoms with Crippen molar-refractivity contribution in [3.8, 4) is 5.75 Å². The number of likely N-dealkylation sites (N-methyl/N-ethyl adjacent to an activating group) is 1. The van der Waals surface area contributed by atoms with Gasteiger partial charge in [-0.25, -0.2) is 4.39 Å². The van der Waals surface area contributed by atoms with Gasteiger partial charge in [-0.15, -0.1) is 0 Å². The summed E-state index contributed by atoms with van der Waals surface area (Å²) >= 11 is 0. The van der Waals surface area contributed by atoms with Gasteiger partial charge in [0.2, 0.25) is 0 Å². The highest BCUT2D eigenvalue weighted by molar-refractivity contribution is 5.97. The van der Waals surface area contributed by atoms with Gasteiger partial charge in [-0.2, -0.15) is 0 Å². The van der Waals surface area contributed by atoms with E-state index in [1.54, 1.807) is 7.05 Å². The van der Waals surface area contributed by atoms with Gasteiger partial charge in [-0.3, -0.25) is 4.79 Å². The summed E-state index contributed by atoms with van der Waals surface area (Å²) in [6, 6.07) is 2.33. The summed E-state index contributed by atoms with van der Waals surface area (Å²) in [5.74, 6) is -0.311. The molecule has 20 heavy (non-hydrogen) atoms. The Morgan fingerprint density at radius 1 is 1.45 bits per heavy atom. The fraction of sp³-hybridized carbons (Fsp3) is 0.500. The average molecular weight is 281 g/mol. The molecule has 2 aliphatic heterocycles. The van der Waals surface area contributed by atoms with E-state index in [4.69, 9.17) is 9.47 Å². The molecular weight excluding hydrogens is 265 g/mol. The van der Waals surface area contributed by atoms with E-state index >= 15 is 0 Å². The van der Waals surface area contributed by atoms with Crippen molar-refractivity contribution in [2.24, 2.45) is 0 Å². The second-order valence-corrected chi connectivity index (χ2v) is 5.09. The molecule has 0 aromatic heterocycles. The van der Waals surface area contributed by atoms with Crippen LogP contribution in [0.3, 0.4) is 0 Å². The molecule has 0 bridgehead atoms. The predicted octanol–water partition coefficient (Wildman–Crippen LogP) is 0.592. The van der Waals surface area contributed by atoms with Gasteiger partial charge in [0.1, 0.15) is 11.6 Å². The SMILES string of the molecule is CN(C(=O)c1ccc(F)c2c1OCC2)[C@@H]1COC[C@H]1O. The molecule has 0 unspecified atom stereocenters. The highest BCUT2D eigenvalue weighted by Crippen LogP contribution is 2.33. The average Bonchev–Trinajstić information content (AvgIpc) is 3.07. The summed E-state index contributed by atoms with van der Waals surface area (Å²) < 4.78 is 24.2. The van der Waals surface area contributed by atoms with Crippen LogP contribution in [-0.2, 0) is 11.2 Å². The fourth-order valence-corrected chi connectivity index (χ4v) is 2.67. The number of aliphatic hydroxyl groups excluding tert-OH is 1. The lowest BCUT2D eigenvalue weighted by Gasteiger charge is -2.26. The van der Waals surface area contributed by atoms with Crippen LogP contribution in [0.25, 0.3) is 0 Å². The zero-order valence-corrected chi connectivity index (χ0v) is 11.1. The van der Waals surface area contributed by atoms with Crippen LogP contribution >= 0.6 is 0 Å². The van der Waals surface area contributed by atoms with Gasteiger partial charge in [-0.1, -0.05) is 0 Å². The molecule has 6 heteroatoms. The van der Waals surface area contributed by atoms with Gasteiger partial charge in [0.15, 0.2) is 0 Å². The first kappa shape index (κ1) is 13.3. The number of hydrogen-bond donors (Lipinski definition) is 1. The molecule has 1 aromatic carbocycles. The molecule has 2 aliphatic rings. The maximum absolute atomic E-state index is 13.6. The molecule has 1 saturated heterocycles. The Morgan fingerprint density at radius 3 is 2.95 bits per heavy atom. The number of benzene rings is 1. The van der Waals surface area contributed by atoms with Gasteiger partial charge in [-0.05, 0) is 12.1 Å². The van der Waals surface area contributed by atoms with Crippen LogP contribution in [0.5, 0.6) is 5.75 Å². The smallest absolute Gasteiger partial charge is 0.257 e. The summed E-state index contributed by atoms with van der Waals surface area (Å²) in [7, 11) is 1.61. The van der Waals surface area contributed by atoms with E-state index in [0.29, 0.717) is 36.5 Å². The van der Waals surface area contributed by atoms with E-state index in [-0.39, 0.29) is 24.4 Å². The third-order valence-corrected chi connectivity index (χ3v) is 3.87. The first-order valence-electron chi connectivity index (χ1n) is 6.56. The Balaban J connectivity index is 1.90. The minimum Gasteiger partial charge on any atom is -0.492 e. The molecule has 0 spiro atoms. The summed E-state index contributed by atoms with van der Waals surface area (Å²) in [6.07, 6.45) is -0.223. The van der Waals surface area contributed by atoms with Crippen molar-refractivity contribution in [2.75, 3.05) is 26.9 Å². The van der Waals surface area contributed by atoms with Crippen molar-refractivity contribution in [1.29, 1.82) is 0 Å². The van der Waals surface area contributed by atoms with Crippen LogP contribution < -0.4 is 4.74 Å². The number of fused-ring (bicyclic) bond motifs is 1. The van der Waals surface area contributed by atoms with Crippen molar-refractivity contribution in [3.05, 3.63) is 29.1 Å². The Kier molecular flexibility index (Phi) is 3.35. The first-order chi connectivity index (χ1) is 9.59. The van der Waals surface area contributed by atoms with E-state index < -0.39 is 6.10 Å². The van der Waals surface area contributed by atoms with Gasteiger partial charge >= 0.3 is 0 Å². The molecule has 0 saturated carbocycles. The Morgan fingerprint density at radius 2 is 2.25 bits per heavy atom. The molecule has 2 heterocycles. The second-order valence-electron chi connectivity index (χ2n) is 5.09. The van der Waals surface area contributed by atoms with Crippen molar-refractivity contribution in [2.45, 2.75) is 18.6 Å². The molecule has 3 rings (SSSR count). The highest BCUT2D eigenvalue weighted by atomic mass is 19.1. The number of halogens is 1. The summed E-state index contributed by atoms with van der Waals surface area (Å²) in [4.78, 5) is 13.9. The van der Waals surface area contributed by atoms with Crippen LogP contribution in [0.4, 0.5) is 4.39 Å². The van der Waals surface area contributed by atoms with Gasteiger partial charge < -0.3 is 19.5 Å². The molecule has 1 N–H and O–H groups in total. The third-order valence-electron chi connectivity index (χ3n) is 3.87. The van der Waals surface area contributed by atoms with E-state index in [2.05, 4.69) is 0 Å². The number of nitrogens with zero attached hydrogens (tertiary/aromatic N) is 1. The summed E-state index contributed by atoms with van der Waals surface area (Å²) in [5.41, 5.74) is 0.785. The zero-order valence-electron chi connectivity index (χ0n) is 11.1. The van der Waals surface area contributed by atoms with Crippen LogP contribution in [0.1, 0.15) is 15.9 Å². The number of aliphatic hydroxyl groups is 1. The van der Waals surface area contributed by atoms with E-state index in [1.165, 1.54) is 17.0 Å². The first-order valence-corrected chi connectivity index (χ1v) is 6.56. The number of ether oxygens (including phenoxy) is 2. The number of carbonyl (C=O) groups is 1. The van der Waals surface area contributed by atoms with Crippen molar-refractivity contribution >= 4 is 5.91 Å². The topological polar surface area (TPSA) is 59.0 Å². The highest BCUT2D eigenvalue weighted by Gasteiger charge is 2.34. The largest absolute Gasteiger partial charge is 0.492 e. The number of rotatable bonds is 2. The Bertz CT molecular complexity index is 548. The molecule has 0 aliphatic carbocycles. The molecule has 1 amide bonds. The number of hydrogen-bond acceptors (Lipinski definition) is 4. The summed E-state index contributed by atoms with van der Waals surface area (Å²) in [5, 5.41) is 9.78. The van der Waals surface area contributed by atoms with Crippen LogP contribution in [0.15, 0.2) is 12.1 Å². The lowest BCUT2D eigenvalue weighted by Crippen LogP contribution is -2.44. The summed E-state index contributed by atoms with van der Waals surface area (Å²) in [6.45, 7) is 0.906. The van der Waals surface area contributed by atoms with Crippen LogP contribution in [0.2, 0.25) is 0 Å². The molecular formula is C14H16FNO4. The molecule has 108 valence electrons. The van der Waals surface area contributed by atoms with Crippen LogP contribution in [0, 0.1) is 5.82 Å². The van der Waals surface area contributed by atoms with Gasteiger partial charge in [0, 0.05) is 19.0 Å². The molecule has 1 fully saturated rings. The van der Waals surface area contributed by atoms with Gasteiger partial charge in [0.05, 0.1) is 37.5 Å². The van der Waals surface area contributed by atoms with Crippen molar-refractivity contribution in [3.63, 3.8) is 0 Å². The minimum atomic E-state index is -0.696. The Hall–Kier alpha value is -1.66. The molecule has 1 aromatic rings. The van der Waals surface area contributed by atoms with E-state index in [1.807, 2.05) is 0 Å². The maximum Gasteiger partial charge on any atom is 0.257 e. The number of amides is 1. The normalized spacial score (nSPS) is 24.4. The lowest BCUT2D eigenvalue weighted by molar-refractivity contribution is 0.0578. The lowest BCUT2D eigenvalue weighted by atomic mass is 10.1. The standard InChI is InChI=1S/C14H16FNO4/c1-16(11-6-19-7-12(11)17)14(18)9-2-3-10(15)8-4-5-20-13(8)9/h2-3,11-12,17H,4-7H2,1H3/t11-,12-/m1/s1. The zero-order chi connectivity index (χ0) is 14.3. The number of carbonyl (C=O) groups excluding carboxylic acids is 1. The quantitative estimate of drug-likeness (QED) is 0.862. The second kappa shape index (κ2) is 5.03. The predicted molar refractivity (Wildman–Crippen MR) is 68.3 cm³/mol. The molecule has 0 radical (unpaired) electrons. The fourth-order valence-electron chi connectivity index (χ4n) is 2.67. The monoisotopic (exact) mass is 281 g/mol. The molecule has 2 atom stereocenters. The van der Waals surface area contributed by atoms with Crippen LogP contribution in [-0.4, -0.2) is 54.9 Å². The van der Waals surface area contributed by atoms with E-state index in [0.717, 1.165) is 0 Å². The maximum atomic E-state index is 13.6. The van der Waals surface area contributed by atoms with Crippen molar-refractivity contribution < 1.29 is 23.8 Å². The van der Waals surface area contributed by atoms with Gasteiger partial charge in [0.25, 0.3) is 5.91 Å². The minimum absolute atomic E-state index is 0.223. The molecule has 5 nitrogen and oxygen atoms in total. The Labute approximate surface area is 115 Å². The third kappa shape index (κ3) is 2.05.